The monoisotopic (exact) mass is 219 g/mol. The van der Waals surface area contributed by atoms with E-state index in [2.05, 4.69) is 5.32 Å². The summed E-state index contributed by atoms with van der Waals surface area (Å²) in [5.74, 6) is 0. The lowest BCUT2D eigenvalue weighted by atomic mass is 9.81. The van der Waals surface area contributed by atoms with Crippen molar-refractivity contribution in [2.45, 2.75) is 6.42 Å². The number of hydrogen-bond donors (Lipinski definition) is 1. The standard InChI is InChI=1S/C8H17N3O2S/c1-10(2)14(12,13)11-6-8(7-11)3-4-9-5-8/h9H,3-7H2,1-2H3. The van der Waals surface area contributed by atoms with E-state index in [1.807, 2.05) is 0 Å². The van der Waals surface area contributed by atoms with Crippen molar-refractivity contribution in [3.05, 3.63) is 0 Å². The van der Waals surface area contributed by atoms with Crippen LogP contribution in [0.2, 0.25) is 0 Å². The molecule has 0 aromatic rings. The summed E-state index contributed by atoms with van der Waals surface area (Å²) in [5, 5.41) is 3.28. The average molecular weight is 219 g/mol. The van der Waals surface area contributed by atoms with Gasteiger partial charge in [-0.3, -0.25) is 0 Å². The Morgan fingerprint density at radius 1 is 1.36 bits per heavy atom. The molecule has 0 bridgehead atoms. The number of nitrogens with zero attached hydrogens (tertiary/aromatic N) is 2. The van der Waals surface area contributed by atoms with Crippen molar-refractivity contribution in [3.8, 4) is 0 Å². The predicted octanol–water partition coefficient (Wildman–Crippen LogP) is -0.912. The van der Waals surface area contributed by atoms with Crippen LogP contribution in [0.25, 0.3) is 0 Å². The van der Waals surface area contributed by atoms with Crippen molar-refractivity contribution in [2.24, 2.45) is 5.41 Å². The minimum atomic E-state index is -3.16. The minimum absolute atomic E-state index is 0.239. The van der Waals surface area contributed by atoms with Crippen LogP contribution in [0.1, 0.15) is 6.42 Å². The Morgan fingerprint density at radius 3 is 2.43 bits per heavy atom. The third-order valence-electron chi connectivity index (χ3n) is 3.14. The first kappa shape index (κ1) is 10.4. The second kappa shape index (κ2) is 3.16. The molecule has 2 heterocycles. The van der Waals surface area contributed by atoms with E-state index in [4.69, 9.17) is 0 Å². The van der Waals surface area contributed by atoms with Crippen LogP contribution in [-0.4, -0.2) is 57.3 Å². The van der Waals surface area contributed by atoms with Gasteiger partial charge in [-0.25, -0.2) is 0 Å². The summed E-state index contributed by atoms with van der Waals surface area (Å²) in [5.41, 5.74) is 0.239. The van der Waals surface area contributed by atoms with Crippen LogP contribution in [-0.2, 0) is 10.2 Å². The summed E-state index contributed by atoms with van der Waals surface area (Å²) in [6.07, 6.45) is 1.10. The van der Waals surface area contributed by atoms with E-state index in [-0.39, 0.29) is 5.41 Å². The lowest BCUT2D eigenvalue weighted by Gasteiger charge is -2.47. The zero-order valence-electron chi connectivity index (χ0n) is 8.65. The highest BCUT2D eigenvalue weighted by atomic mass is 32.2. The maximum atomic E-state index is 11.7. The quantitative estimate of drug-likeness (QED) is 0.654. The third-order valence-corrected chi connectivity index (χ3v) is 4.98. The van der Waals surface area contributed by atoms with Gasteiger partial charge in [0.2, 0.25) is 0 Å². The fourth-order valence-corrected chi connectivity index (χ4v) is 3.50. The van der Waals surface area contributed by atoms with Gasteiger partial charge in [0, 0.05) is 39.1 Å². The lowest BCUT2D eigenvalue weighted by Crippen LogP contribution is -2.61. The highest BCUT2D eigenvalue weighted by Gasteiger charge is 2.49. The third kappa shape index (κ3) is 1.46. The SMILES string of the molecule is CN(C)S(=O)(=O)N1CC2(CCNC2)C1. The molecule has 2 aliphatic rings. The number of hydrogen-bond acceptors (Lipinski definition) is 3. The largest absolute Gasteiger partial charge is 0.316 e. The molecule has 2 rings (SSSR count). The lowest BCUT2D eigenvalue weighted by molar-refractivity contribution is 0.0866. The average Bonchev–Trinajstić information content (AvgIpc) is 2.48. The number of rotatable bonds is 2. The van der Waals surface area contributed by atoms with Gasteiger partial charge in [0.15, 0.2) is 0 Å². The maximum absolute atomic E-state index is 11.7. The van der Waals surface area contributed by atoms with Crippen LogP contribution in [0.15, 0.2) is 0 Å². The molecule has 2 saturated heterocycles. The van der Waals surface area contributed by atoms with Gasteiger partial charge in [-0.05, 0) is 13.0 Å². The van der Waals surface area contributed by atoms with Gasteiger partial charge in [-0.2, -0.15) is 17.0 Å². The molecule has 14 heavy (non-hydrogen) atoms. The van der Waals surface area contributed by atoms with E-state index in [0.717, 1.165) is 19.5 Å². The van der Waals surface area contributed by atoms with E-state index >= 15 is 0 Å². The Labute approximate surface area is 85.2 Å². The molecule has 5 nitrogen and oxygen atoms in total. The number of nitrogens with one attached hydrogen (secondary N) is 1. The van der Waals surface area contributed by atoms with Crippen molar-refractivity contribution >= 4 is 10.2 Å². The van der Waals surface area contributed by atoms with Gasteiger partial charge in [0.1, 0.15) is 0 Å². The fourth-order valence-electron chi connectivity index (χ4n) is 2.16. The van der Waals surface area contributed by atoms with E-state index in [1.54, 1.807) is 18.4 Å². The fraction of sp³-hybridized carbons (Fsp3) is 1.00. The van der Waals surface area contributed by atoms with Gasteiger partial charge in [0.05, 0.1) is 0 Å². The first-order valence-corrected chi connectivity index (χ1v) is 6.24. The van der Waals surface area contributed by atoms with Crippen LogP contribution in [0, 0.1) is 5.41 Å². The Kier molecular flexibility index (Phi) is 2.34. The van der Waals surface area contributed by atoms with Gasteiger partial charge in [0.25, 0.3) is 10.2 Å². The molecule has 0 amide bonds. The van der Waals surface area contributed by atoms with E-state index in [1.165, 1.54) is 4.31 Å². The molecule has 0 atom stereocenters. The van der Waals surface area contributed by atoms with E-state index in [9.17, 15) is 8.42 Å². The molecular formula is C8H17N3O2S. The summed E-state index contributed by atoms with van der Waals surface area (Å²) < 4.78 is 26.2. The van der Waals surface area contributed by atoms with E-state index in [0.29, 0.717) is 13.1 Å². The maximum Gasteiger partial charge on any atom is 0.281 e. The second-order valence-electron chi connectivity index (χ2n) is 4.49. The van der Waals surface area contributed by atoms with Gasteiger partial charge < -0.3 is 5.32 Å². The van der Waals surface area contributed by atoms with E-state index < -0.39 is 10.2 Å². The molecule has 0 unspecified atom stereocenters. The van der Waals surface area contributed by atoms with Crippen molar-refractivity contribution in [1.82, 2.24) is 13.9 Å². The van der Waals surface area contributed by atoms with Crippen LogP contribution < -0.4 is 5.32 Å². The van der Waals surface area contributed by atoms with Crippen molar-refractivity contribution in [2.75, 3.05) is 40.3 Å². The molecular weight excluding hydrogens is 202 g/mol. The molecule has 1 N–H and O–H groups in total. The molecule has 0 radical (unpaired) electrons. The molecule has 0 aromatic carbocycles. The minimum Gasteiger partial charge on any atom is -0.316 e. The Hall–Kier alpha value is -0.170. The predicted molar refractivity (Wildman–Crippen MR) is 54.1 cm³/mol. The van der Waals surface area contributed by atoms with Crippen LogP contribution in [0.4, 0.5) is 0 Å². The molecule has 0 saturated carbocycles. The van der Waals surface area contributed by atoms with Gasteiger partial charge in [-0.15, -0.1) is 0 Å². The van der Waals surface area contributed by atoms with Gasteiger partial charge >= 0.3 is 0 Å². The smallest absolute Gasteiger partial charge is 0.281 e. The summed E-state index contributed by atoms with van der Waals surface area (Å²) in [6.45, 7) is 3.35. The van der Waals surface area contributed by atoms with Crippen molar-refractivity contribution in [3.63, 3.8) is 0 Å². The Morgan fingerprint density at radius 2 is 2.00 bits per heavy atom. The Balaban J connectivity index is 2.00. The second-order valence-corrected chi connectivity index (χ2v) is 6.63. The first-order chi connectivity index (χ1) is 6.46. The summed E-state index contributed by atoms with van der Waals surface area (Å²) >= 11 is 0. The summed E-state index contributed by atoms with van der Waals surface area (Å²) in [7, 11) is -0.0115. The van der Waals surface area contributed by atoms with Crippen LogP contribution in [0.5, 0.6) is 0 Å². The first-order valence-electron chi connectivity index (χ1n) is 4.85. The zero-order chi connectivity index (χ0) is 10.4. The molecule has 6 heteroatoms. The normalized spacial score (nSPS) is 27.1. The zero-order valence-corrected chi connectivity index (χ0v) is 9.47. The summed E-state index contributed by atoms with van der Waals surface area (Å²) in [6, 6.07) is 0. The Bertz CT molecular complexity index is 311. The molecule has 1 spiro atoms. The van der Waals surface area contributed by atoms with Crippen molar-refractivity contribution in [1.29, 1.82) is 0 Å². The van der Waals surface area contributed by atoms with Crippen LogP contribution in [0.3, 0.4) is 0 Å². The molecule has 2 fully saturated rings. The van der Waals surface area contributed by atoms with Gasteiger partial charge in [-0.1, -0.05) is 0 Å². The topological polar surface area (TPSA) is 52.7 Å². The van der Waals surface area contributed by atoms with Crippen LogP contribution >= 0.6 is 0 Å². The molecule has 0 aromatic heterocycles. The highest BCUT2D eigenvalue weighted by Crippen LogP contribution is 2.37. The molecule has 82 valence electrons. The molecule has 2 aliphatic heterocycles. The van der Waals surface area contributed by atoms with Crippen molar-refractivity contribution < 1.29 is 8.42 Å². The summed E-state index contributed by atoms with van der Waals surface area (Å²) in [4.78, 5) is 0. The highest BCUT2D eigenvalue weighted by molar-refractivity contribution is 7.86. The molecule has 0 aliphatic carbocycles.